The van der Waals surface area contributed by atoms with Crippen LogP contribution in [0.2, 0.25) is 0 Å². The summed E-state index contributed by atoms with van der Waals surface area (Å²) >= 11 is 0. The fourth-order valence-corrected chi connectivity index (χ4v) is 2.11. The molecule has 0 radical (unpaired) electrons. The molecule has 0 atom stereocenters. The van der Waals surface area contributed by atoms with E-state index >= 15 is 0 Å². The second-order valence-corrected chi connectivity index (χ2v) is 4.54. The first-order valence-corrected chi connectivity index (χ1v) is 6.55. The van der Waals surface area contributed by atoms with Crippen LogP contribution in [0.4, 0.5) is 0 Å². The summed E-state index contributed by atoms with van der Waals surface area (Å²) in [5.41, 5.74) is 3.60. The molecule has 0 N–H and O–H groups in total. The van der Waals surface area contributed by atoms with E-state index in [1.807, 2.05) is 28.9 Å². The highest BCUT2D eigenvalue weighted by Crippen LogP contribution is 2.19. The van der Waals surface area contributed by atoms with Gasteiger partial charge in [0.2, 0.25) is 0 Å². The number of rotatable bonds is 4. The van der Waals surface area contributed by atoms with Gasteiger partial charge in [-0.25, -0.2) is 9.67 Å². The summed E-state index contributed by atoms with van der Waals surface area (Å²) in [5, 5.41) is 4.19. The highest BCUT2D eigenvalue weighted by molar-refractivity contribution is 5.81. The number of hydrogen-bond acceptors (Lipinski definition) is 2. The minimum Gasteiger partial charge on any atom is -0.249 e. The van der Waals surface area contributed by atoms with Gasteiger partial charge in [-0.1, -0.05) is 60.7 Å². The molecule has 20 heavy (non-hydrogen) atoms. The van der Waals surface area contributed by atoms with Crippen LogP contribution < -0.4 is 0 Å². The smallest absolute Gasteiger partial charge is 0.137 e. The van der Waals surface area contributed by atoms with Gasteiger partial charge in [0.1, 0.15) is 12.7 Å². The van der Waals surface area contributed by atoms with E-state index < -0.39 is 0 Å². The molecule has 3 aromatic rings. The van der Waals surface area contributed by atoms with Crippen LogP contribution in [0.25, 0.3) is 11.6 Å². The number of hydrogen-bond donors (Lipinski definition) is 0. The second kappa shape index (κ2) is 5.97. The molecule has 0 aliphatic heterocycles. The number of allylic oxidation sites excluding steroid dienone is 1. The molecule has 0 spiro atoms. The zero-order valence-corrected chi connectivity index (χ0v) is 11.1. The monoisotopic (exact) mass is 261 g/mol. The van der Waals surface area contributed by atoms with Crippen molar-refractivity contribution in [1.29, 1.82) is 0 Å². The molecular formula is C17H15N3. The molecule has 0 aliphatic rings. The first-order chi connectivity index (χ1) is 9.92. The molecule has 0 unspecified atom stereocenters. The lowest BCUT2D eigenvalue weighted by atomic mass is 10.0. The van der Waals surface area contributed by atoms with Gasteiger partial charge in [-0.3, -0.25) is 0 Å². The minimum atomic E-state index is 0.707. The van der Waals surface area contributed by atoms with E-state index in [9.17, 15) is 0 Å². The molecule has 0 fully saturated rings. The lowest BCUT2D eigenvalue weighted by Gasteiger charge is -2.08. The Morgan fingerprint density at radius 3 is 2.30 bits per heavy atom. The molecule has 0 aliphatic carbocycles. The van der Waals surface area contributed by atoms with Crippen molar-refractivity contribution in [3.05, 3.63) is 84.4 Å². The third-order valence-corrected chi connectivity index (χ3v) is 3.08. The lowest BCUT2D eigenvalue weighted by molar-refractivity contribution is 0.711. The number of aromatic nitrogens is 3. The molecule has 2 aromatic carbocycles. The minimum absolute atomic E-state index is 0.707. The summed E-state index contributed by atoms with van der Waals surface area (Å²) in [6.45, 7) is 0.707. The van der Waals surface area contributed by atoms with Gasteiger partial charge < -0.3 is 0 Å². The highest BCUT2D eigenvalue weighted by Gasteiger charge is 2.03. The predicted octanol–water partition coefficient (Wildman–Crippen LogP) is 3.52. The van der Waals surface area contributed by atoms with Gasteiger partial charge in [0.15, 0.2) is 0 Å². The maximum atomic E-state index is 4.19. The normalized spacial score (nSPS) is 11.5. The van der Waals surface area contributed by atoms with Crippen LogP contribution in [-0.4, -0.2) is 14.8 Å². The molecule has 0 bridgehead atoms. The predicted molar refractivity (Wildman–Crippen MR) is 80.8 cm³/mol. The Bertz CT molecular complexity index is 671. The third kappa shape index (κ3) is 3.01. The van der Waals surface area contributed by atoms with Crippen molar-refractivity contribution in [1.82, 2.24) is 14.8 Å². The maximum Gasteiger partial charge on any atom is 0.137 e. The molecule has 0 amide bonds. The van der Waals surface area contributed by atoms with Crippen LogP contribution in [0.1, 0.15) is 11.1 Å². The Balaban J connectivity index is 1.97. The van der Waals surface area contributed by atoms with E-state index in [0.29, 0.717) is 6.54 Å². The van der Waals surface area contributed by atoms with E-state index in [0.717, 1.165) is 0 Å². The van der Waals surface area contributed by atoms with Crippen molar-refractivity contribution in [3.63, 3.8) is 0 Å². The van der Waals surface area contributed by atoms with Gasteiger partial charge in [0.25, 0.3) is 0 Å². The molecule has 1 heterocycles. The van der Waals surface area contributed by atoms with Gasteiger partial charge in [0.05, 0.1) is 6.54 Å². The van der Waals surface area contributed by atoms with Crippen LogP contribution in [-0.2, 0) is 6.54 Å². The Hall–Kier alpha value is -2.68. The average molecular weight is 261 g/mol. The molecule has 3 nitrogen and oxygen atoms in total. The largest absolute Gasteiger partial charge is 0.249 e. The Morgan fingerprint density at radius 1 is 0.950 bits per heavy atom. The van der Waals surface area contributed by atoms with Crippen LogP contribution in [0, 0.1) is 0 Å². The van der Waals surface area contributed by atoms with Gasteiger partial charge in [0, 0.05) is 0 Å². The molecule has 3 rings (SSSR count). The fourth-order valence-electron chi connectivity index (χ4n) is 2.11. The topological polar surface area (TPSA) is 30.7 Å². The standard InChI is InChI=1S/C17H15N3/c1-3-7-15(8-4-1)11-17(12-20-14-18-13-19-20)16-9-5-2-6-10-16/h1-11,13-14H,12H2/b17-11-. The second-order valence-electron chi connectivity index (χ2n) is 4.54. The van der Waals surface area contributed by atoms with Gasteiger partial charge in [-0.15, -0.1) is 0 Å². The first-order valence-electron chi connectivity index (χ1n) is 6.55. The van der Waals surface area contributed by atoms with E-state index in [1.165, 1.54) is 16.7 Å². The van der Waals surface area contributed by atoms with Gasteiger partial charge >= 0.3 is 0 Å². The van der Waals surface area contributed by atoms with Crippen molar-refractivity contribution in [2.75, 3.05) is 0 Å². The summed E-state index contributed by atoms with van der Waals surface area (Å²) in [6.07, 6.45) is 5.49. The third-order valence-electron chi connectivity index (χ3n) is 3.08. The van der Waals surface area contributed by atoms with Crippen molar-refractivity contribution in [3.8, 4) is 0 Å². The molecular weight excluding hydrogens is 246 g/mol. The molecule has 0 saturated heterocycles. The van der Waals surface area contributed by atoms with Crippen LogP contribution in [0.15, 0.2) is 73.3 Å². The summed E-state index contributed by atoms with van der Waals surface area (Å²) < 4.78 is 1.84. The zero-order valence-electron chi connectivity index (χ0n) is 11.1. The molecule has 98 valence electrons. The first kappa shape index (κ1) is 12.4. The Kier molecular flexibility index (Phi) is 3.69. The van der Waals surface area contributed by atoms with Crippen LogP contribution in [0.5, 0.6) is 0 Å². The molecule has 0 saturated carbocycles. The Labute approximate surface area is 118 Å². The number of benzene rings is 2. The van der Waals surface area contributed by atoms with Crippen LogP contribution in [0.3, 0.4) is 0 Å². The SMILES string of the molecule is C(=C(\Cn1cncn1)c1ccccc1)/c1ccccc1. The van der Waals surface area contributed by atoms with Crippen LogP contribution >= 0.6 is 0 Å². The van der Waals surface area contributed by atoms with Crippen molar-refractivity contribution in [2.45, 2.75) is 6.54 Å². The summed E-state index contributed by atoms with van der Waals surface area (Å²) in [4.78, 5) is 4.00. The summed E-state index contributed by atoms with van der Waals surface area (Å²) in [6, 6.07) is 20.7. The Morgan fingerprint density at radius 2 is 1.65 bits per heavy atom. The fraction of sp³-hybridized carbons (Fsp3) is 0.0588. The average Bonchev–Trinajstić information content (AvgIpc) is 3.02. The highest BCUT2D eigenvalue weighted by atomic mass is 15.3. The van der Waals surface area contributed by atoms with E-state index in [2.05, 4.69) is 52.6 Å². The van der Waals surface area contributed by atoms with Gasteiger partial charge in [-0.2, -0.15) is 5.10 Å². The summed E-state index contributed by atoms with van der Waals surface area (Å²) in [7, 11) is 0. The van der Waals surface area contributed by atoms with Crippen molar-refractivity contribution >= 4 is 11.6 Å². The zero-order chi connectivity index (χ0) is 13.6. The van der Waals surface area contributed by atoms with Crippen molar-refractivity contribution < 1.29 is 0 Å². The van der Waals surface area contributed by atoms with E-state index in [-0.39, 0.29) is 0 Å². The van der Waals surface area contributed by atoms with Crippen molar-refractivity contribution in [2.24, 2.45) is 0 Å². The number of nitrogens with zero attached hydrogens (tertiary/aromatic N) is 3. The lowest BCUT2D eigenvalue weighted by Crippen LogP contribution is -2.01. The molecule has 3 heteroatoms. The summed E-state index contributed by atoms with van der Waals surface area (Å²) in [5.74, 6) is 0. The van der Waals surface area contributed by atoms with E-state index in [1.54, 1.807) is 12.7 Å². The molecule has 1 aromatic heterocycles. The van der Waals surface area contributed by atoms with E-state index in [4.69, 9.17) is 0 Å². The maximum absolute atomic E-state index is 4.19. The van der Waals surface area contributed by atoms with Gasteiger partial charge in [-0.05, 0) is 22.8 Å². The quantitative estimate of drug-likeness (QED) is 0.673.